The monoisotopic (exact) mass is 397 g/mol. The fourth-order valence-electron chi connectivity index (χ4n) is 2.86. The van der Waals surface area contributed by atoms with E-state index < -0.39 is 0 Å². The molecule has 0 bridgehead atoms. The Morgan fingerprint density at radius 3 is 2.46 bits per heavy atom. The topological polar surface area (TPSA) is 105 Å². The first-order valence-corrected chi connectivity index (χ1v) is 10.1. The highest BCUT2D eigenvalue weighted by atomic mass is 32.2. The van der Waals surface area contributed by atoms with Crippen LogP contribution in [0.1, 0.15) is 48.6 Å². The lowest BCUT2D eigenvalue weighted by Crippen LogP contribution is -2.27. The number of nitrogens with one attached hydrogen (secondary N) is 1. The number of nitrogen functional groups attached to an aromatic ring is 1. The molecule has 1 heterocycles. The molecule has 148 valence electrons. The van der Waals surface area contributed by atoms with Crippen molar-refractivity contribution in [3.05, 3.63) is 46.1 Å². The van der Waals surface area contributed by atoms with Crippen molar-refractivity contribution >= 4 is 23.5 Å². The smallest absolute Gasteiger partial charge is 0.230 e. The van der Waals surface area contributed by atoms with Gasteiger partial charge in [-0.25, -0.2) is 9.97 Å². The quantitative estimate of drug-likeness (QED) is 0.572. The molecule has 1 aromatic heterocycles. The standard InChI is InChI=1S/C21H27N5OS/c1-13-8-16(21(3,4)5)9-14(2)17(13)6-7-24-18(27)12-28-20-25-11-15(10-22)19(23)26-20/h8-9,11H,6-7,12H2,1-5H3,(H,24,27)(H2,23,25,26). The predicted octanol–water partition coefficient (Wildman–Crippen LogP) is 3.30. The number of carbonyl (C=O) groups excluding carboxylic acids is 1. The number of hydrogen-bond donors (Lipinski definition) is 2. The summed E-state index contributed by atoms with van der Waals surface area (Å²) in [6.45, 7) is 11.5. The van der Waals surface area contributed by atoms with Crippen molar-refractivity contribution in [1.82, 2.24) is 15.3 Å². The van der Waals surface area contributed by atoms with E-state index in [1.165, 1.54) is 40.2 Å². The van der Waals surface area contributed by atoms with Crippen molar-refractivity contribution in [3.63, 3.8) is 0 Å². The van der Waals surface area contributed by atoms with Crippen LogP contribution in [0.3, 0.4) is 0 Å². The van der Waals surface area contributed by atoms with E-state index in [9.17, 15) is 4.79 Å². The average molecular weight is 398 g/mol. The van der Waals surface area contributed by atoms with Gasteiger partial charge in [-0.05, 0) is 47.9 Å². The second-order valence-electron chi connectivity index (χ2n) is 7.79. The molecule has 0 spiro atoms. The summed E-state index contributed by atoms with van der Waals surface area (Å²) in [5.41, 5.74) is 11.1. The number of hydrogen-bond acceptors (Lipinski definition) is 6. The third-order valence-corrected chi connectivity index (χ3v) is 5.37. The Morgan fingerprint density at radius 1 is 1.29 bits per heavy atom. The van der Waals surface area contributed by atoms with Crippen LogP contribution in [-0.2, 0) is 16.6 Å². The zero-order valence-corrected chi connectivity index (χ0v) is 17.9. The molecular formula is C21H27N5OS. The molecule has 28 heavy (non-hydrogen) atoms. The van der Waals surface area contributed by atoms with Crippen LogP contribution in [0.25, 0.3) is 0 Å². The normalized spacial score (nSPS) is 11.1. The van der Waals surface area contributed by atoms with E-state index in [1.807, 2.05) is 6.07 Å². The molecular weight excluding hydrogens is 370 g/mol. The van der Waals surface area contributed by atoms with Crippen LogP contribution in [0.5, 0.6) is 0 Å². The number of carbonyl (C=O) groups is 1. The first kappa shape index (κ1) is 21.7. The number of aryl methyl sites for hydroxylation is 2. The van der Waals surface area contributed by atoms with Gasteiger partial charge in [0.2, 0.25) is 5.91 Å². The van der Waals surface area contributed by atoms with Gasteiger partial charge in [-0.15, -0.1) is 0 Å². The fraction of sp³-hybridized carbons (Fsp3) is 0.429. The molecule has 2 aromatic rings. The molecule has 3 N–H and O–H groups in total. The minimum Gasteiger partial charge on any atom is -0.382 e. The molecule has 0 saturated heterocycles. The van der Waals surface area contributed by atoms with E-state index in [-0.39, 0.29) is 28.5 Å². The van der Waals surface area contributed by atoms with Crippen LogP contribution >= 0.6 is 11.8 Å². The molecule has 0 aliphatic rings. The minimum absolute atomic E-state index is 0.0850. The molecule has 0 atom stereocenters. The number of thioether (sulfide) groups is 1. The molecule has 2 rings (SSSR count). The zero-order chi connectivity index (χ0) is 20.9. The van der Waals surface area contributed by atoms with Gasteiger partial charge in [0, 0.05) is 6.54 Å². The van der Waals surface area contributed by atoms with Crippen LogP contribution in [0.4, 0.5) is 5.82 Å². The average Bonchev–Trinajstić information content (AvgIpc) is 2.61. The van der Waals surface area contributed by atoms with Crippen molar-refractivity contribution in [1.29, 1.82) is 5.26 Å². The first-order valence-electron chi connectivity index (χ1n) is 9.14. The molecule has 0 aliphatic heterocycles. The maximum Gasteiger partial charge on any atom is 0.230 e. The van der Waals surface area contributed by atoms with Crippen molar-refractivity contribution in [2.45, 2.75) is 51.6 Å². The highest BCUT2D eigenvalue weighted by Crippen LogP contribution is 2.27. The van der Waals surface area contributed by atoms with Gasteiger partial charge in [-0.1, -0.05) is 44.7 Å². The molecule has 1 amide bonds. The van der Waals surface area contributed by atoms with Crippen LogP contribution < -0.4 is 11.1 Å². The Hall–Kier alpha value is -2.59. The Bertz CT molecular complexity index is 889. The summed E-state index contributed by atoms with van der Waals surface area (Å²) in [4.78, 5) is 20.2. The molecule has 6 nitrogen and oxygen atoms in total. The lowest BCUT2D eigenvalue weighted by atomic mass is 9.83. The number of nitrogens with zero attached hydrogens (tertiary/aromatic N) is 3. The molecule has 0 radical (unpaired) electrons. The van der Waals surface area contributed by atoms with Gasteiger partial charge in [0.1, 0.15) is 17.5 Å². The predicted molar refractivity (Wildman–Crippen MR) is 113 cm³/mol. The molecule has 1 aromatic carbocycles. The lowest BCUT2D eigenvalue weighted by Gasteiger charge is -2.22. The summed E-state index contributed by atoms with van der Waals surface area (Å²) in [5.74, 6) is 0.245. The van der Waals surface area contributed by atoms with Crippen molar-refractivity contribution in [2.24, 2.45) is 0 Å². The number of benzene rings is 1. The van der Waals surface area contributed by atoms with Gasteiger partial charge in [0.25, 0.3) is 0 Å². The summed E-state index contributed by atoms with van der Waals surface area (Å²) in [7, 11) is 0. The Labute approximate surface area is 171 Å². The summed E-state index contributed by atoms with van der Waals surface area (Å²) in [5, 5.41) is 12.2. The third-order valence-electron chi connectivity index (χ3n) is 4.51. The number of rotatable bonds is 6. The fourth-order valence-corrected chi connectivity index (χ4v) is 3.51. The van der Waals surface area contributed by atoms with Gasteiger partial charge in [-0.2, -0.15) is 5.26 Å². The van der Waals surface area contributed by atoms with Crippen molar-refractivity contribution in [2.75, 3.05) is 18.0 Å². The largest absolute Gasteiger partial charge is 0.382 e. The summed E-state index contributed by atoms with van der Waals surface area (Å²) in [6, 6.07) is 6.40. The van der Waals surface area contributed by atoms with E-state index in [1.54, 1.807) is 0 Å². The summed E-state index contributed by atoms with van der Waals surface area (Å²) >= 11 is 1.20. The van der Waals surface area contributed by atoms with Crippen LogP contribution in [0.2, 0.25) is 0 Å². The van der Waals surface area contributed by atoms with Gasteiger partial charge in [-0.3, -0.25) is 4.79 Å². The zero-order valence-electron chi connectivity index (χ0n) is 17.1. The van der Waals surface area contributed by atoms with Crippen molar-refractivity contribution < 1.29 is 4.79 Å². The van der Waals surface area contributed by atoms with Crippen LogP contribution in [0, 0.1) is 25.2 Å². The van der Waals surface area contributed by atoms with Crippen molar-refractivity contribution in [3.8, 4) is 6.07 Å². The third kappa shape index (κ3) is 5.70. The molecule has 0 aliphatic carbocycles. The first-order chi connectivity index (χ1) is 13.1. The molecule has 0 fully saturated rings. The second-order valence-corrected chi connectivity index (χ2v) is 8.73. The van der Waals surface area contributed by atoms with E-state index in [0.29, 0.717) is 11.7 Å². The summed E-state index contributed by atoms with van der Waals surface area (Å²) < 4.78 is 0. The van der Waals surface area contributed by atoms with Gasteiger partial charge >= 0.3 is 0 Å². The highest BCUT2D eigenvalue weighted by molar-refractivity contribution is 7.99. The summed E-state index contributed by atoms with van der Waals surface area (Å²) in [6.07, 6.45) is 2.16. The Morgan fingerprint density at radius 2 is 1.93 bits per heavy atom. The minimum atomic E-state index is -0.0850. The maximum atomic E-state index is 12.1. The molecule has 0 saturated carbocycles. The molecule has 7 heteroatoms. The van der Waals surface area contributed by atoms with Crippen LogP contribution in [0.15, 0.2) is 23.5 Å². The Balaban J connectivity index is 1.87. The molecule has 0 unspecified atom stereocenters. The highest BCUT2D eigenvalue weighted by Gasteiger charge is 2.16. The number of anilines is 1. The second kappa shape index (κ2) is 9.07. The number of amides is 1. The van der Waals surface area contributed by atoms with Gasteiger partial charge in [0.05, 0.1) is 11.9 Å². The number of nitriles is 1. The van der Waals surface area contributed by atoms with Gasteiger partial charge in [0.15, 0.2) is 5.16 Å². The maximum absolute atomic E-state index is 12.1. The number of nitrogens with two attached hydrogens (primary N) is 1. The number of aromatic nitrogens is 2. The van der Waals surface area contributed by atoms with E-state index in [2.05, 4.69) is 62.0 Å². The van der Waals surface area contributed by atoms with Gasteiger partial charge < -0.3 is 11.1 Å². The van der Waals surface area contributed by atoms with E-state index in [4.69, 9.17) is 11.0 Å². The van der Waals surface area contributed by atoms with E-state index >= 15 is 0 Å². The van der Waals surface area contributed by atoms with Crippen LogP contribution in [-0.4, -0.2) is 28.2 Å². The SMILES string of the molecule is Cc1cc(C(C)(C)C)cc(C)c1CCNC(=O)CSc1ncc(C#N)c(N)n1. The van der Waals surface area contributed by atoms with E-state index in [0.717, 1.165) is 6.42 Å². The Kier molecular flexibility index (Phi) is 7.03. The lowest BCUT2D eigenvalue weighted by molar-refractivity contribution is -0.118.